The van der Waals surface area contributed by atoms with E-state index in [0.717, 1.165) is 36.4 Å². The van der Waals surface area contributed by atoms with Crippen LogP contribution in [0, 0.1) is 0 Å². The Bertz CT molecular complexity index is 788. The van der Waals surface area contributed by atoms with Gasteiger partial charge >= 0.3 is 6.03 Å². The first kappa shape index (κ1) is 18.7. The van der Waals surface area contributed by atoms with Crippen LogP contribution in [0.3, 0.4) is 0 Å². The third-order valence-electron chi connectivity index (χ3n) is 4.05. The van der Waals surface area contributed by atoms with Gasteiger partial charge in [-0.25, -0.2) is 10.3 Å². The van der Waals surface area contributed by atoms with Crippen molar-refractivity contribution in [3.8, 4) is 10.4 Å². The van der Waals surface area contributed by atoms with Gasteiger partial charge in [-0.2, -0.15) is 0 Å². The van der Waals surface area contributed by atoms with E-state index in [-0.39, 0.29) is 11.9 Å². The molecule has 0 aliphatic carbocycles. The highest BCUT2D eigenvalue weighted by atomic mass is 35.5. The molecule has 7 nitrogen and oxygen atoms in total. The number of rotatable bonds is 4. The predicted molar refractivity (Wildman–Crippen MR) is 102 cm³/mol. The van der Waals surface area contributed by atoms with Crippen molar-refractivity contribution in [2.45, 2.75) is 18.9 Å². The Morgan fingerprint density at radius 1 is 1.27 bits per heavy atom. The van der Waals surface area contributed by atoms with Crippen LogP contribution in [-0.2, 0) is 0 Å². The van der Waals surface area contributed by atoms with Gasteiger partial charge in [0, 0.05) is 22.5 Å². The molecule has 1 aromatic heterocycles. The number of amides is 3. The van der Waals surface area contributed by atoms with E-state index in [1.165, 1.54) is 16.8 Å². The number of benzene rings is 1. The number of hydroxylamine groups is 1. The fourth-order valence-electron chi connectivity index (χ4n) is 2.79. The summed E-state index contributed by atoms with van der Waals surface area (Å²) >= 11 is 7.19. The first-order chi connectivity index (χ1) is 12.6. The van der Waals surface area contributed by atoms with E-state index in [9.17, 15) is 9.59 Å². The monoisotopic (exact) mass is 394 g/mol. The van der Waals surface area contributed by atoms with Gasteiger partial charge in [0.25, 0.3) is 5.91 Å². The number of piperidine rings is 1. The average molecular weight is 395 g/mol. The van der Waals surface area contributed by atoms with Crippen LogP contribution in [0.4, 0.5) is 10.5 Å². The predicted octanol–water partition coefficient (Wildman–Crippen LogP) is 3.06. The SMILES string of the molecule is O=C(NO)Nc1cc(-c2ccc(Cl)cc2)sc1C(=O)NC1CCCNC1. The van der Waals surface area contributed by atoms with Crippen molar-refractivity contribution in [3.05, 3.63) is 40.2 Å². The Morgan fingerprint density at radius 3 is 2.69 bits per heavy atom. The Kier molecular flexibility index (Phi) is 6.10. The number of halogens is 1. The second-order valence-electron chi connectivity index (χ2n) is 5.94. The van der Waals surface area contributed by atoms with Crippen molar-refractivity contribution in [2.24, 2.45) is 0 Å². The minimum absolute atomic E-state index is 0.0526. The third-order valence-corrected chi connectivity index (χ3v) is 5.48. The number of thiophene rings is 1. The molecule has 1 saturated heterocycles. The summed E-state index contributed by atoms with van der Waals surface area (Å²) in [5.74, 6) is -0.253. The largest absolute Gasteiger partial charge is 0.347 e. The molecule has 1 aliphatic heterocycles. The first-order valence-electron chi connectivity index (χ1n) is 8.19. The zero-order valence-corrected chi connectivity index (χ0v) is 15.4. The van der Waals surface area contributed by atoms with Gasteiger partial charge in [-0.3, -0.25) is 10.0 Å². The summed E-state index contributed by atoms with van der Waals surface area (Å²) in [6, 6.07) is 8.16. The Morgan fingerprint density at radius 2 is 2.04 bits per heavy atom. The summed E-state index contributed by atoms with van der Waals surface area (Å²) in [4.78, 5) is 25.4. The number of urea groups is 1. The Balaban J connectivity index is 1.86. The molecular weight excluding hydrogens is 376 g/mol. The van der Waals surface area contributed by atoms with Crippen molar-refractivity contribution in [1.29, 1.82) is 0 Å². The molecule has 0 bridgehead atoms. The number of nitrogens with one attached hydrogen (secondary N) is 4. The molecule has 5 N–H and O–H groups in total. The van der Waals surface area contributed by atoms with Gasteiger partial charge in [0.05, 0.1) is 5.69 Å². The van der Waals surface area contributed by atoms with Crippen LogP contribution in [0.1, 0.15) is 22.5 Å². The van der Waals surface area contributed by atoms with Gasteiger partial charge < -0.3 is 16.0 Å². The smallest absolute Gasteiger partial charge is 0.342 e. The molecule has 1 aromatic carbocycles. The average Bonchev–Trinajstić information content (AvgIpc) is 3.07. The third kappa shape index (κ3) is 4.53. The van der Waals surface area contributed by atoms with Gasteiger partial charge in [0.15, 0.2) is 0 Å². The molecule has 2 aromatic rings. The minimum Gasteiger partial charge on any atom is -0.347 e. The molecule has 1 aliphatic rings. The quantitative estimate of drug-likeness (QED) is 0.406. The fraction of sp³-hybridized carbons (Fsp3) is 0.294. The first-order valence-corrected chi connectivity index (χ1v) is 9.38. The topological polar surface area (TPSA) is 102 Å². The van der Waals surface area contributed by atoms with E-state index >= 15 is 0 Å². The molecular formula is C17H19ClN4O3S. The second kappa shape index (κ2) is 8.50. The number of carbonyl (C=O) groups excluding carboxylic acids is 2. The van der Waals surface area contributed by atoms with Crippen LogP contribution in [0.25, 0.3) is 10.4 Å². The molecule has 1 unspecified atom stereocenters. The number of carbonyl (C=O) groups is 2. The summed E-state index contributed by atoms with van der Waals surface area (Å²) in [7, 11) is 0. The fourth-order valence-corrected chi connectivity index (χ4v) is 3.93. The van der Waals surface area contributed by atoms with Crippen LogP contribution in [0.5, 0.6) is 0 Å². The van der Waals surface area contributed by atoms with Gasteiger partial charge in [-0.15, -0.1) is 11.3 Å². The summed E-state index contributed by atoms with van der Waals surface area (Å²) in [6.07, 6.45) is 1.91. The summed E-state index contributed by atoms with van der Waals surface area (Å²) in [5.41, 5.74) is 2.73. The summed E-state index contributed by atoms with van der Waals surface area (Å²) in [6.45, 7) is 1.68. The van der Waals surface area contributed by atoms with E-state index in [2.05, 4.69) is 16.0 Å². The summed E-state index contributed by atoms with van der Waals surface area (Å²) in [5, 5.41) is 18.1. The molecule has 1 atom stereocenters. The lowest BCUT2D eigenvalue weighted by Crippen LogP contribution is -2.45. The normalized spacial score (nSPS) is 16.8. The number of anilines is 1. The van der Waals surface area contributed by atoms with Gasteiger partial charge in [0.2, 0.25) is 0 Å². The van der Waals surface area contributed by atoms with Crippen LogP contribution in [0.15, 0.2) is 30.3 Å². The maximum absolute atomic E-state index is 12.7. The van der Waals surface area contributed by atoms with E-state index in [1.807, 2.05) is 12.1 Å². The molecule has 3 rings (SSSR count). The van der Waals surface area contributed by atoms with Crippen molar-refractivity contribution in [3.63, 3.8) is 0 Å². The highest BCUT2D eigenvalue weighted by Gasteiger charge is 2.22. The molecule has 1 fully saturated rings. The Hall–Kier alpha value is -2.13. The molecule has 0 spiro atoms. The van der Waals surface area contributed by atoms with Crippen LogP contribution in [-0.4, -0.2) is 36.3 Å². The van der Waals surface area contributed by atoms with Crippen molar-refractivity contribution in [2.75, 3.05) is 18.4 Å². The van der Waals surface area contributed by atoms with E-state index in [4.69, 9.17) is 16.8 Å². The molecule has 3 amide bonds. The summed E-state index contributed by atoms with van der Waals surface area (Å²) < 4.78 is 0. The van der Waals surface area contributed by atoms with E-state index < -0.39 is 6.03 Å². The number of hydrogen-bond acceptors (Lipinski definition) is 5. The molecule has 0 radical (unpaired) electrons. The van der Waals surface area contributed by atoms with Crippen LogP contribution >= 0.6 is 22.9 Å². The van der Waals surface area contributed by atoms with Crippen LogP contribution < -0.4 is 21.4 Å². The standard InChI is InChI=1S/C17H19ClN4O3S/c18-11-5-3-10(4-6-11)14-8-13(21-17(24)22-25)15(26-14)16(23)20-12-2-1-7-19-9-12/h3-6,8,12,19,25H,1-2,7,9H2,(H,20,23)(H2,21,22,24). The van der Waals surface area contributed by atoms with Gasteiger partial charge in [-0.1, -0.05) is 23.7 Å². The molecule has 9 heteroatoms. The van der Waals surface area contributed by atoms with E-state index in [1.54, 1.807) is 18.2 Å². The van der Waals surface area contributed by atoms with E-state index in [0.29, 0.717) is 15.6 Å². The maximum atomic E-state index is 12.7. The molecule has 26 heavy (non-hydrogen) atoms. The number of hydrogen-bond donors (Lipinski definition) is 5. The van der Waals surface area contributed by atoms with Crippen molar-refractivity contribution >= 4 is 40.6 Å². The lowest BCUT2D eigenvalue weighted by atomic mass is 10.1. The lowest BCUT2D eigenvalue weighted by Gasteiger charge is -2.23. The Labute approximate surface area is 159 Å². The zero-order valence-electron chi connectivity index (χ0n) is 13.8. The molecule has 2 heterocycles. The molecule has 0 saturated carbocycles. The van der Waals surface area contributed by atoms with Gasteiger partial charge in [0.1, 0.15) is 4.88 Å². The highest BCUT2D eigenvalue weighted by Crippen LogP contribution is 2.35. The minimum atomic E-state index is -0.807. The highest BCUT2D eigenvalue weighted by molar-refractivity contribution is 7.18. The van der Waals surface area contributed by atoms with Crippen molar-refractivity contribution < 1.29 is 14.8 Å². The van der Waals surface area contributed by atoms with Crippen molar-refractivity contribution in [1.82, 2.24) is 16.1 Å². The van der Waals surface area contributed by atoms with Crippen LogP contribution in [0.2, 0.25) is 5.02 Å². The second-order valence-corrected chi connectivity index (χ2v) is 7.43. The van der Waals surface area contributed by atoms with Gasteiger partial charge in [-0.05, 0) is 43.1 Å². The molecule has 138 valence electrons. The maximum Gasteiger partial charge on any atom is 0.342 e. The lowest BCUT2D eigenvalue weighted by molar-refractivity contribution is 0.0935. The zero-order chi connectivity index (χ0) is 18.5.